The summed E-state index contributed by atoms with van der Waals surface area (Å²) in [6, 6.07) is 11.3. The van der Waals surface area contributed by atoms with E-state index in [9.17, 15) is 0 Å². The van der Waals surface area contributed by atoms with E-state index in [-0.39, 0.29) is 0 Å². The van der Waals surface area contributed by atoms with E-state index < -0.39 is 0 Å². The van der Waals surface area contributed by atoms with Crippen LogP contribution in [0.25, 0.3) is 10.9 Å². The molecule has 1 heterocycles. The highest BCUT2D eigenvalue weighted by molar-refractivity contribution is 5.78. The van der Waals surface area contributed by atoms with Gasteiger partial charge in [0.15, 0.2) is 0 Å². The number of likely N-dealkylation sites (N-methyl/N-ethyl adjacent to an activating group) is 1. The molecule has 2 nitrogen and oxygen atoms in total. The van der Waals surface area contributed by atoms with Crippen LogP contribution in [0.1, 0.15) is 37.7 Å². The van der Waals surface area contributed by atoms with E-state index in [1.54, 1.807) is 0 Å². The first-order chi connectivity index (χ1) is 8.88. The Balaban J connectivity index is 1.93. The number of hydrogen-bond donors (Lipinski definition) is 1. The molecular formula is C16H20N2. The van der Waals surface area contributed by atoms with Gasteiger partial charge < -0.3 is 5.32 Å². The maximum absolute atomic E-state index is 4.59. The zero-order valence-corrected chi connectivity index (χ0v) is 10.9. The molecule has 1 aromatic carbocycles. The minimum absolute atomic E-state index is 0.637. The Kier molecular flexibility index (Phi) is 3.28. The summed E-state index contributed by atoms with van der Waals surface area (Å²) in [5.41, 5.74) is 2.50. The molecule has 2 unspecified atom stereocenters. The predicted molar refractivity (Wildman–Crippen MR) is 75.8 cm³/mol. The number of rotatable bonds is 3. The van der Waals surface area contributed by atoms with Gasteiger partial charge >= 0.3 is 0 Å². The van der Waals surface area contributed by atoms with Crippen molar-refractivity contribution in [2.24, 2.45) is 0 Å². The highest BCUT2D eigenvalue weighted by atomic mass is 14.9. The van der Waals surface area contributed by atoms with Gasteiger partial charge in [0.1, 0.15) is 0 Å². The lowest BCUT2D eigenvalue weighted by molar-refractivity contribution is 0.492. The first-order valence-electron chi connectivity index (χ1n) is 6.96. The average molecular weight is 240 g/mol. The second-order valence-corrected chi connectivity index (χ2v) is 5.16. The van der Waals surface area contributed by atoms with Crippen LogP contribution in [-0.2, 0) is 0 Å². The Morgan fingerprint density at radius 1 is 1.28 bits per heavy atom. The Bertz CT molecular complexity index is 535. The number of nitrogens with one attached hydrogen (secondary N) is 1. The standard InChI is InChI=1S/C16H20N2/c1-2-17-16-9-5-7-14(16)13-10-12-6-3-4-8-15(12)18-11-13/h3-4,6,8,10-11,14,16-17H,2,5,7,9H2,1H3. The minimum Gasteiger partial charge on any atom is -0.314 e. The molecule has 0 bridgehead atoms. The summed E-state index contributed by atoms with van der Waals surface area (Å²) >= 11 is 0. The lowest BCUT2D eigenvalue weighted by Crippen LogP contribution is -2.30. The fourth-order valence-electron chi connectivity index (χ4n) is 3.16. The molecule has 1 aliphatic carbocycles. The Labute approximate surface area is 108 Å². The molecule has 2 atom stereocenters. The van der Waals surface area contributed by atoms with Gasteiger partial charge in [-0.05, 0) is 37.1 Å². The molecule has 1 N–H and O–H groups in total. The normalized spacial score (nSPS) is 23.6. The number of hydrogen-bond acceptors (Lipinski definition) is 2. The molecule has 1 aromatic heterocycles. The molecule has 1 aliphatic rings. The zero-order valence-electron chi connectivity index (χ0n) is 10.9. The van der Waals surface area contributed by atoms with E-state index in [0.717, 1.165) is 12.1 Å². The summed E-state index contributed by atoms with van der Waals surface area (Å²) in [7, 11) is 0. The van der Waals surface area contributed by atoms with Crippen molar-refractivity contribution in [1.82, 2.24) is 10.3 Å². The van der Waals surface area contributed by atoms with Gasteiger partial charge in [0, 0.05) is 23.5 Å². The smallest absolute Gasteiger partial charge is 0.0702 e. The molecular weight excluding hydrogens is 220 g/mol. The summed E-state index contributed by atoms with van der Waals surface area (Å²) < 4.78 is 0. The number of pyridine rings is 1. The Morgan fingerprint density at radius 3 is 3.06 bits per heavy atom. The van der Waals surface area contributed by atoms with Crippen LogP contribution in [0.4, 0.5) is 0 Å². The van der Waals surface area contributed by atoms with Gasteiger partial charge in [-0.25, -0.2) is 0 Å². The van der Waals surface area contributed by atoms with Crippen LogP contribution < -0.4 is 5.32 Å². The molecule has 2 aromatic rings. The zero-order chi connectivity index (χ0) is 12.4. The molecule has 18 heavy (non-hydrogen) atoms. The quantitative estimate of drug-likeness (QED) is 0.888. The molecule has 0 saturated heterocycles. The second kappa shape index (κ2) is 5.07. The van der Waals surface area contributed by atoms with Crippen LogP contribution in [0.2, 0.25) is 0 Å². The molecule has 1 fully saturated rings. The second-order valence-electron chi connectivity index (χ2n) is 5.16. The van der Waals surface area contributed by atoms with Crippen LogP contribution in [-0.4, -0.2) is 17.6 Å². The third kappa shape index (κ3) is 2.13. The van der Waals surface area contributed by atoms with Crippen LogP contribution in [0.15, 0.2) is 36.5 Å². The molecule has 0 amide bonds. The van der Waals surface area contributed by atoms with Gasteiger partial charge in [-0.3, -0.25) is 4.98 Å². The molecule has 0 aliphatic heterocycles. The van der Waals surface area contributed by atoms with Gasteiger partial charge in [-0.2, -0.15) is 0 Å². The fraction of sp³-hybridized carbons (Fsp3) is 0.438. The van der Waals surface area contributed by atoms with Crippen molar-refractivity contribution in [3.8, 4) is 0 Å². The molecule has 0 spiro atoms. The maximum Gasteiger partial charge on any atom is 0.0702 e. The highest BCUT2D eigenvalue weighted by Gasteiger charge is 2.27. The summed E-state index contributed by atoms with van der Waals surface area (Å²) in [4.78, 5) is 4.59. The van der Waals surface area contributed by atoms with Gasteiger partial charge in [-0.15, -0.1) is 0 Å². The largest absolute Gasteiger partial charge is 0.314 e. The van der Waals surface area contributed by atoms with Gasteiger partial charge in [0.25, 0.3) is 0 Å². The van der Waals surface area contributed by atoms with Gasteiger partial charge in [-0.1, -0.05) is 31.5 Å². The number of benzene rings is 1. The number of nitrogens with zero attached hydrogens (tertiary/aromatic N) is 1. The summed E-state index contributed by atoms with van der Waals surface area (Å²) in [5.74, 6) is 0.641. The topological polar surface area (TPSA) is 24.9 Å². The Hall–Kier alpha value is -1.41. The van der Waals surface area contributed by atoms with Crippen molar-refractivity contribution >= 4 is 10.9 Å². The third-order valence-electron chi connectivity index (χ3n) is 4.02. The summed E-state index contributed by atoms with van der Waals surface area (Å²) in [6.07, 6.45) is 5.99. The highest BCUT2D eigenvalue weighted by Crippen LogP contribution is 2.35. The van der Waals surface area contributed by atoms with Crippen LogP contribution in [0.5, 0.6) is 0 Å². The van der Waals surface area contributed by atoms with Crippen molar-refractivity contribution < 1.29 is 0 Å². The molecule has 0 radical (unpaired) electrons. The van der Waals surface area contributed by atoms with E-state index in [2.05, 4.69) is 47.7 Å². The van der Waals surface area contributed by atoms with Crippen molar-refractivity contribution in [3.63, 3.8) is 0 Å². The van der Waals surface area contributed by atoms with E-state index in [1.165, 1.54) is 30.2 Å². The van der Waals surface area contributed by atoms with Gasteiger partial charge in [0.2, 0.25) is 0 Å². The lowest BCUT2D eigenvalue weighted by Gasteiger charge is -2.20. The third-order valence-corrected chi connectivity index (χ3v) is 4.02. The first-order valence-corrected chi connectivity index (χ1v) is 6.96. The minimum atomic E-state index is 0.637. The van der Waals surface area contributed by atoms with Crippen LogP contribution in [0.3, 0.4) is 0 Å². The molecule has 94 valence electrons. The molecule has 1 saturated carbocycles. The van der Waals surface area contributed by atoms with Crippen LogP contribution >= 0.6 is 0 Å². The predicted octanol–water partition coefficient (Wildman–Crippen LogP) is 3.48. The van der Waals surface area contributed by atoms with E-state index >= 15 is 0 Å². The van der Waals surface area contributed by atoms with E-state index in [0.29, 0.717) is 12.0 Å². The summed E-state index contributed by atoms with van der Waals surface area (Å²) in [5, 5.41) is 4.87. The SMILES string of the molecule is CCNC1CCCC1c1cnc2ccccc2c1. The molecule has 2 heteroatoms. The summed E-state index contributed by atoms with van der Waals surface area (Å²) in [6.45, 7) is 3.25. The number of fused-ring (bicyclic) bond motifs is 1. The van der Waals surface area contributed by atoms with Crippen LogP contribution in [0, 0.1) is 0 Å². The monoisotopic (exact) mass is 240 g/mol. The van der Waals surface area contributed by atoms with E-state index in [1.807, 2.05) is 6.07 Å². The van der Waals surface area contributed by atoms with Crippen molar-refractivity contribution in [1.29, 1.82) is 0 Å². The Morgan fingerprint density at radius 2 is 2.17 bits per heavy atom. The van der Waals surface area contributed by atoms with Crippen molar-refractivity contribution in [2.45, 2.75) is 38.1 Å². The number of aromatic nitrogens is 1. The van der Waals surface area contributed by atoms with Crippen molar-refractivity contribution in [3.05, 3.63) is 42.1 Å². The maximum atomic E-state index is 4.59. The number of para-hydroxylation sites is 1. The molecule has 3 rings (SSSR count). The first kappa shape index (κ1) is 11.7. The van der Waals surface area contributed by atoms with Gasteiger partial charge in [0.05, 0.1) is 5.52 Å². The van der Waals surface area contributed by atoms with E-state index in [4.69, 9.17) is 0 Å². The van der Waals surface area contributed by atoms with Crippen molar-refractivity contribution in [2.75, 3.05) is 6.54 Å². The lowest BCUT2D eigenvalue weighted by atomic mass is 9.94. The average Bonchev–Trinajstić information content (AvgIpc) is 2.87. The fourth-order valence-corrected chi connectivity index (χ4v) is 3.16.